The monoisotopic (exact) mass is 250 g/mol. The second kappa shape index (κ2) is 5.68. The zero-order valence-corrected chi connectivity index (χ0v) is 10.4. The Morgan fingerprint density at radius 2 is 2.56 bits per heavy atom. The van der Waals surface area contributed by atoms with Crippen LogP contribution < -0.4 is 10.6 Å². The van der Waals surface area contributed by atoms with Gasteiger partial charge in [0.1, 0.15) is 5.69 Å². The molecule has 0 aromatic carbocycles. The molecule has 0 spiro atoms. The summed E-state index contributed by atoms with van der Waals surface area (Å²) in [6.07, 6.45) is 2.61. The summed E-state index contributed by atoms with van der Waals surface area (Å²) in [4.78, 5) is 6.41. The predicted octanol–water partition coefficient (Wildman–Crippen LogP) is 0.791. The number of hydrogen-bond acceptors (Lipinski definition) is 5. The number of nitrogens with two attached hydrogens (primary N) is 1. The minimum atomic E-state index is 0.0342. The molecule has 1 fully saturated rings. The second-order valence-corrected chi connectivity index (χ2v) is 4.19. The first-order valence-corrected chi connectivity index (χ1v) is 6.05. The van der Waals surface area contributed by atoms with Gasteiger partial charge in [0, 0.05) is 12.7 Å². The zero-order chi connectivity index (χ0) is 13.0. The first-order chi connectivity index (χ1) is 8.77. The molecule has 6 nitrogen and oxygen atoms in total. The van der Waals surface area contributed by atoms with E-state index >= 15 is 0 Å². The van der Waals surface area contributed by atoms with Crippen LogP contribution in [0.5, 0.6) is 0 Å². The second-order valence-electron chi connectivity index (χ2n) is 4.19. The molecule has 1 aromatic heterocycles. The van der Waals surface area contributed by atoms with Crippen molar-refractivity contribution in [1.82, 2.24) is 4.98 Å². The smallest absolute Gasteiger partial charge is 0.190 e. The quantitative estimate of drug-likeness (QED) is 0.358. The Morgan fingerprint density at radius 3 is 3.28 bits per heavy atom. The maximum absolute atomic E-state index is 8.81. The number of oxime groups is 1. The van der Waals surface area contributed by atoms with E-state index in [2.05, 4.69) is 22.0 Å². The predicted molar refractivity (Wildman–Crippen MR) is 69.0 cm³/mol. The van der Waals surface area contributed by atoms with Crippen molar-refractivity contribution in [2.75, 3.05) is 24.7 Å². The van der Waals surface area contributed by atoms with E-state index < -0.39 is 0 Å². The highest BCUT2D eigenvalue weighted by molar-refractivity contribution is 6.00. The van der Waals surface area contributed by atoms with Crippen LogP contribution in [0.4, 0.5) is 5.69 Å². The number of anilines is 1. The van der Waals surface area contributed by atoms with Gasteiger partial charge in [-0.05, 0) is 18.6 Å². The lowest BCUT2D eigenvalue weighted by Crippen LogP contribution is -2.46. The van der Waals surface area contributed by atoms with Crippen LogP contribution in [0.1, 0.15) is 19.0 Å². The summed E-state index contributed by atoms with van der Waals surface area (Å²) in [5.41, 5.74) is 7.07. The number of pyridine rings is 1. The third kappa shape index (κ3) is 2.38. The number of nitrogens with zero attached hydrogens (tertiary/aromatic N) is 3. The standard InChI is InChI=1S/C12H18N4O2/c1-2-9-8-18-7-6-16(9)10-4-3-5-14-11(10)12(13)15-17/h3-5,9,17H,2,6-8H2,1H3,(H2,13,15). The summed E-state index contributed by atoms with van der Waals surface area (Å²) >= 11 is 0. The molecule has 1 unspecified atom stereocenters. The molecule has 0 radical (unpaired) electrons. The highest BCUT2D eigenvalue weighted by Gasteiger charge is 2.24. The minimum Gasteiger partial charge on any atom is -0.409 e. The van der Waals surface area contributed by atoms with Gasteiger partial charge in [0.2, 0.25) is 0 Å². The summed E-state index contributed by atoms with van der Waals surface area (Å²) in [5, 5.41) is 11.9. The van der Waals surface area contributed by atoms with Crippen LogP contribution in [0.15, 0.2) is 23.5 Å². The Kier molecular flexibility index (Phi) is 3.99. The molecule has 0 amide bonds. The van der Waals surface area contributed by atoms with Gasteiger partial charge in [0.15, 0.2) is 5.84 Å². The molecular formula is C12H18N4O2. The fourth-order valence-electron chi connectivity index (χ4n) is 2.18. The SMILES string of the molecule is CCC1COCCN1c1cccnc1/C(N)=N/O. The molecular weight excluding hydrogens is 232 g/mol. The lowest BCUT2D eigenvalue weighted by Gasteiger charge is -2.37. The minimum absolute atomic E-state index is 0.0342. The van der Waals surface area contributed by atoms with Crippen molar-refractivity contribution < 1.29 is 9.94 Å². The molecule has 1 saturated heterocycles. The van der Waals surface area contributed by atoms with Gasteiger partial charge >= 0.3 is 0 Å². The van der Waals surface area contributed by atoms with Crippen molar-refractivity contribution in [3.05, 3.63) is 24.0 Å². The normalized spacial score (nSPS) is 21.1. The lowest BCUT2D eigenvalue weighted by molar-refractivity contribution is 0.0929. The van der Waals surface area contributed by atoms with E-state index in [9.17, 15) is 0 Å². The molecule has 1 aromatic rings. The van der Waals surface area contributed by atoms with Crippen molar-refractivity contribution >= 4 is 11.5 Å². The van der Waals surface area contributed by atoms with Crippen LogP contribution in [-0.2, 0) is 4.74 Å². The number of ether oxygens (including phenoxy) is 1. The van der Waals surface area contributed by atoms with Crippen LogP contribution >= 0.6 is 0 Å². The van der Waals surface area contributed by atoms with E-state index in [1.54, 1.807) is 6.20 Å². The fraction of sp³-hybridized carbons (Fsp3) is 0.500. The average Bonchev–Trinajstić information content (AvgIpc) is 2.46. The maximum Gasteiger partial charge on any atom is 0.190 e. The van der Waals surface area contributed by atoms with Crippen molar-refractivity contribution in [2.24, 2.45) is 10.9 Å². The van der Waals surface area contributed by atoms with Gasteiger partial charge in [-0.2, -0.15) is 0 Å². The van der Waals surface area contributed by atoms with Gasteiger partial charge in [-0.15, -0.1) is 0 Å². The molecule has 0 aliphatic carbocycles. The van der Waals surface area contributed by atoms with Gasteiger partial charge in [-0.3, -0.25) is 4.98 Å². The van der Waals surface area contributed by atoms with Gasteiger partial charge < -0.3 is 20.6 Å². The molecule has 1 aliphatic heterocycles. The summed E-state index contributed by atoms with van der Waals surface area (Å²) in [6, 6.07) is 4.09. The number of amidine groups is 1. The molecule has 18 heavy (non-hydrogen) atoms. The van der Waals surface area contributed by atoms with Crippen LogP contribution in [0.3, 0.4) is 0 Å². The first-order valence-electron chi connectivity index (χ1n) is 6.05. The van der Waals surface area contributed by atoms with E-state index in [1.807, 2.05) is 12.1 Å². The molecule has 98 valence electrons. The van der Waals surface area contributed by atoms with E-state index in [0.29, 0.717) is 24.9 Å². The van der Waals surface area contributed by atoms with E-state index in [1.165, 1.54) is 0 Å². The van der Waals surface area contributed by atoms with Crippen LogP contribution in [0.25, 0.3) is 0 Å². The Morgan fingerprint density at radius 1 is 1.72 bits per heavy atom. The highest BCUT2D eigenvalue weighted by Crippen LogP contribution is 2.23. The first kappa shape index (κ1) is 12.6. The number of hydrogen-bond donors (Lipinski definition) is 2. The molecule has 1 aliphatic rings. The number of rotatable bonds is 3. The average molecular weight is 250 g/mol. The van der Waals surface area contributed by atoms with E-state index in [4.69, 9.17) is 15.7 Å². The van der Waals surface area contributed by atoms with Crippen molar-refractivity contribution in [2.45, 2.75) is 19.4 Å². The van der Waals surface area contributed by atoms with Gasteiger partial charge in [-0.1, -0.05) is 12.1 Å². The third-order valence-corrected chi connectivity index (χ3v) is 3.14. The summed E-state index contributed by atoms with van der Waals surface area (Å²) in [6.45, 7) is 4.28. The Bertz CT molecular complexity index is 436. The topological polar surface area (TPSA) is 84.0 Å². The largest absolute Gasteiger partial charge is 0.409 e. The maximum atomic E-state index is 8.81. The lowest BCUT2D eigenvalue weighted by atomic mass is 10.1. The fourth-order valence-corrected chi connectivity index (χ4v) is 2.18. The highest BCUT2D eigenvalue weighted by atomic mass is 16.5. The Labute approximate surface area is 106 Å². The summed E-state index contributed by atoms with van der Waals surface area (Å²) in [7, 11) is 0. The molecule has 2 rings (SSSR count). The number of morpholine rings is 1. The van der Waals surface area contributed by atoms with Gasteiger partial charge in [0.25, 0.3) is 0 Å². The molecule has 3 N–H and O–H groups in total. The summed E-state index contributed by atoms with van der Waals surface area (Å²) in [5.74, 6) is 0.0342. The van der Waals surface area contributed by atoms with Gasteiger partial charge in [-0.25, -0.2) is 0 Å². The Balaban J connectivity index is 2.37. The molecule has 6 heteroatoms. The third-order valence-electron chi connectivity index (χ3n) is 3.14. The molecule has 0 saturated carbocycles. The van der Waals surface area contributed by atoms with Crippen molar-refractivity contribution in [3.63, 3.8) is 0 Å². The molecule has 1 atom stereocenters. The van der Waals surface area contributed by atoms with E-state index in [-0.39, 0.29) is 5.84 Å². The summed E-state index contributed by atoms with van der Waals surface area (Å²) < 4.78 is 5.48. The molecule has 2 heterocycles. The van der Waals surface area contributed by atoms with Crippen LogP contribution in [-0.4, -0.2) is 41.8 Å². The van der Waals surface area contributed by atoms with E-state index in [0.717, 1.165) is 18.7 Å². The van der Waals surface area contributed by atoms with Gasteiger partial charge in [0.05, 0.1) is 24.9 Å². The zero-order valence-electron chi connectivity index (χ0n) is 10.4. The van der Waals surface area contributed by atoms with Crippen molar-refractivity contribution in [3.8, 4) is 0 Å². The number of aromatic nitrogens is 1. The van der Waals surface area contributed by atoms with Crippen LogP contribution in [0, 0.1) is 0 Å². The Hall–Kier alpha value is -1.82. The molecule has 0 bridgehead atoms. The van der Waals surface area contributed by atoms with Crippen LogP contribution in [0.2, 0.25) is 0 Å². The van der Waals surface area contributed by atoms with Crippen molar-refractivity contribution in [1.29, 1.82) is 0 Å².